The highest BCUT2D eigenvalue weighted by Crippen LogP contribution is 2.31. The molecule has 0 unspecified atom stereocenters. The van der Waals surface area contributed by atoms with E-state index in [-0.39, 0.29) is 43.6 Å². The van der Waals surface area contributed by atoms with Gasteiger partial charge in [0, 0.05) is 26.2 Å². The van der Waals surface area contributed by atoms with E-state index in [2.05, 4.69) is 5.32 Å². The number of rotatable bonds is 5. The molecule has 2 N–H and O–H groups in total. The maximum absolute atomic E-state index is 12.5. The SMILES string of the molecule is COC(C)(C)C[C@@H](C)NC(=O)N1CCC([C@H](O)C(F)(F)F)CC1. The number of aliphatic hydroxyl groups is 1. The second-order valence-electron chi connectivity index (χ2n) is 6.83. The largest absolute Gasteiger partial charge is 0.414 e. The lowest BCUT2D eigenvalue weighted by atomic mass is 9.91. The summed E-state index contributed by atoms with van der Waals surface area (Å²) in [5, 5.41) is 12.1. The van der Waals surface area contributed by atoms with Gasteiger partial charge < -0.3 is 20.1 Å². The lowest BCUT2D eigenvalue weighted by Gasteiger charge is -2.35. The number of likely N-dealkylation sites (tertiary alicyclic amines) is 1. The van der Waals surface area contributed by atoms with Gasteiger partial charge >= 0.3 is 12.2 Å². The summed E-state index contributed by atoms with van der Waals surface area (Å²) in [6.45, 7) is 6.12. The molecule has 2 amide bonds. The van der Waals surface area contributed by atoms with Crippen molar-refractivity contribution in [3.05, 3.63) is 0 Å². The second-order valence-corrected chi connectivity index (χ2v) is 6.83. The van der Waals surface area contributed by atoms with Gasteiger partial charge in [0.2, 0.25) is 0 Å². The van der Waals surface area contributed by atoms with Gasteiger partial charge in [-0.3, -0.25) is 0 Å². The molecule has 1 rings (SSSR count). The second kappa shape index (κ2) is 7.70. The van der Waals surface area contributed by atoms with Gasteiger partial charge in [-0.25, -0.2) is 4.79 Å². The van der Waals surface area contributed by atoms with Crippen molar-refractivity contribution in [3.8, 4) is 0 Å². The van der Waals surface area contributed by atoms with E-state index in [9.17, 15) is 23.1 Å². The fraction of sp³-hybridized carbons (Fsp3) is 0.933. The van der Waals surface area contributed by atoms with Gasteiger partial charge in [0.25, 0.3) is 0 Å². The molecular weight excluding hydrogens is 313 g/mol. The Hall–Kier alpha value is -1.02. The molecule has 0 bridgehead atoms. The Morgan fingerprint density at radius 1 is 1.35 bits per heavy atom. The van der Waals surface area contributed by atoms with Crippen molar-refractivity contribution in [2.24, 2.45) is 5.92 Å². The van der Waals surface area contributed by atoms with E-state index >= 15 is 0 Å². The highest BCUT2D eigenvalue weighted by atomic mass is 19.4. The highest BCUT2D eigenvalue weighted by Gasteiger charge is 2.44. The minimum atomic E-state index is -4.60. The van der Waals surface area contributed by atoms with E-state index in [0.717, 1.165) is 0 Å². The highest BCUT2D eigenvalue weighted by molar-refractivity contribution is 5.74. The smallest absolute Gasteiger partial charge is 0.383 e. The number of ether oxygens (including phenoxy) is 1. The van der Waals surface area contributed by atoms with E-state index in [1.807, 2.05) is 20.8 Å². The fourth-order valence-corrected chi connectivity index (χ4v) is 2.86. The van der Waals surface area contributed by atoms with Crippen LogP contribution in [0, 0.1) is 5.92 Å². The van der Waals surface area contributed by atoms with Crippen molar-refractivity contribution < 1.29 is 27.8 Å². The molecule has 2 atom stereocenters. The molecule has 1 aliphatic heterocycles. The molecule has 0 saturated carbocycles. The fourth-order valence-electron chi connectivity index (χ4n) is 2.86. The molecular formula is C15H27F3N2O3. The standard InChI is InChI=1S/C15H27F3N2O3/c1-10(9-14(2,3)23-4)19-13(22)20-7-5-11(6-8-20)12(21)15(16,17)18/h10-12,21H,5-9H2,1-4H3,(H,19,22)/t10-,12+/m1/s1. The summed E-state index contributed by atoms with van der Waals surface area (Å²) >= 11 is 0. The number of carbonyl (C=O) groups excluding carboxylic acids is 1. The first-order valence-corrected chi connectivity index (χ1v) is 7.81. The van der Waals surface area contributed by atoms with Crippen molar-refractivity contribution in [2.75, 3.05) is 20.2 Å². The Morgan fingerprint density at radius 2 is 1.87 bits per heavy atom. The molecule has 5 nitrogen and oxygen atoms in total. The van der Waals surface area contributed by atoms with Crippen LogP contribution in [0.5, 0.6) is 0 Å². The zero-order valence-corrected chi connectivity index (χ0v) is 14.1. The quantitative estimate of drug-likeness (QED) is 0.808. The summed E-state index contributed by atoms with van der Waals surface area (Å²) in [6, 6.07) is -0.403. The molecule has 1 heterocycles. The molecule has 8 heteroatoms. The van der Waals surface area contributed by atoms with Crippen LogP contribution in [-0.2, 0) is 4.74 Å². The Labute approximate surface area is 135 Å². The third kappa shape index (κ3) is 6.18. The van der Waals surface area contributed by atoms with Crippen LogP contribution in [0.2, 0.25) is 0 Å². The maximum atomic E-state index is 12.5. The number of amides is 2. The number of urea groups is 1. The summed E-state index contributed by atoms with van der Waals surface area (Å²) in [5.41, 5.74) is -0.365. The van der Waals surface area contributed by atoms with Crippen LogP contribution < -0.4 is 5.32 Å². The van der Waals surface area contributed by atoms with Gasteiger partial charge in [-0.05, 0) is 46.0 Å². The molecule has 1 aliphatic rings. The first-order valence-electron chi connectivity index (χ1n) is 7.81. The van der Waals surface area contributed by atoms with E-state index < -0.39 is 18.2 Å². The predicted octanol–water partition coefficient (Wildman–Crippen LogP) is 2.53. The van der Waals surface area contributed by atoms with Crippen LogP contribution in [0.15, 0.2) is 0 Å². The van der Waals surface area contributed by atoms with Crippen LogP contribution in [0.25, 0.3) is 0 Å². The number of hydrogen-bond donors (Lipinski definition) is 2. The number of aliphatic hydroxyl groups excluding tert-OH is 1. The summed E-state index contributed by atoms with van der Waals surface area (Å²) in [7, 11) is 1.60. The van der Waals surface area contributed by atoms with Crippen molar-refractivity contribution in [2.45, 2.75) is 64.0 Å². The lowest BCUT2D eigenvalue weighted by Crippen LogP contribution is -2.50. The summed E-state index contributed by atoms with van der Waals surface area (Å²) in [6.07, 6.45) is -6.00. The van der Waals surface area contributed by atoms with Crippen molar-refractivity contribution in [3.63, 3.8) is 0 Å². The monoisotopic (exact) mass is 340 g/mol. The molecule has 0 spiro atoms. The molecule has 0 aromatic rings. The lowest BCUT2D eigenvalue weighted by molar-refractivity contribution is -0.222. The van der Waals surface area contributed by atoms with E-state index in [1.165, 1.54) is 4.90 Å². The minimum Gasteiger partial charge on any atom is -0.383 e. The van der Waals surface area contributed by atoms with E-state index in [4.69, 9.17) is 4.74 Å². The zero-order valence-electron chi connectivity index (χ0n) is 14.1. The molecule has 0 aliphatic carbocycles. The van der Waals surface area contributed by atoms with Crippen LogP contribution in [-0.4, -0.2) is 60.2 Å². The van der Waals surface area contributed by atoms with Crippen molar-refractivity contribution >= 4 is 6.03 Å². The van der Waals surface area contributed by atoms with Crippen LogP contribution in [0.4, 0.5) is 18.0 Å². The Kier molecular flexibility index (Phi) is 6.70. The van der Waals surface area contributed by atoms with Crippen LogP contribution >= 0.6 is 0 Å². The normalized spacial score (nSPS) is 20.3. The Bertz CT molecular complexity index is 394. The molecule has 1 saturated heterocycles. The number of piperidine rings is 1. The number of halogens is 3. The summed E-state index contributed by atoms with van der Waals surface area (Å²) < 4.78 is 42.8. The molecule has 0 aromatic carbocycles. The number of hydrogen-bond acceptors (Lipinski definition) is 3. The van der Waals surface area contributed by atoms with Gasteiger partial charge in [0.05, 0.1) is 5.60 Å². The summed E-state index contributed by atoms with van der Waals surface area (Å²) in [4.78, 5) is 13.6. The number of alkyl halides is 3. The van der Waals surface area contributed by atoms with Crippen LogP contribution in [0.1, 0.15) is 40.0 Å². The number of methoxy groups -OCH3 is 1. The zero-order chi connectivity index (χ0) is 17.8. The van der Waals surface area contributed by atoms with Gasteiger partial charge in [0.15, 0.2) is 6.10 Å². The molecule has 1 fully saturated rings. The third-order valence-corrected chi connectivity index (χ3v) is 4.33. The van der Waals surface area contributed by atoms with E-state index in [1.54, 1.807) is 7.11 Å². The Morgan fingerprint density at radius 3 is 2.30 bits per heavy atom. The first-order chi connectivity index (χ1) is 10.5. The van der Waals surface area contributed by atoms with Gasteiger partial charge in [-0.15, -0.1) is 0 Å². The van der Waals surface area contributed by atoms with Gasteiger partial charge in [0.1, 0.15) is 0 Å². The van der Waals surface area contributed by atoms with Gasteiger partial charge in [-0.1, -0.05) is 0 Å². The predicted molar refractivity (Wildman–Crippen MR) is 80.1 cm³/mol. The number of carbonyl (C=O) groups is 1. The number of nitrogens with zero attached hydrogens (tertiary/aromatic N) is 1. The molecule has 136 valence electrons. The number of nitrogens with one attached hydrogen (secondary N) is 1. The third-order valence-electron chi connectivity index (χ3n) is 4.33. The van der Waals surface area contributed by atoms with Crippen LogP contribution in [0.3, 0.4) is 0 Å². The van der Waals surface area contributed by atoms with Gasteiger partial charge in [-0.2, -0.15) is 13.2 Å². The van der Waals surface area contributed by atoms with Crippen molar-refractivity contribution in [1.29, 1.82) is 0 Å². The topological polar surface area (TPSA) is 61.8 Å². The average molecular weight is 340 g/mol. The first kappa shape index (κ1) is 20.0. The summed E-state index contributed by atoms with van der Waals surface area (Å²) in [5.74, 6) is -0.844. The Balaban J connectivity index is 2.44. The molecule has 0 radical (unpaired) electrons. The maximum Gasteiger partial charge on any atom is 0.414 e. The van der Waals surface area contributed by atoms with Crippen molar-refractivity contribution in [1.82, 2.24) is 10.2 Å². The molecule has 0 aromatic heterocycles. The minimum absolute atomic E-state index is 0.115. The average Bonchev–Trinajstić information content (AvgIpc) is 2.45. The molecule has 23 heavy (non-hydrogen) atoms. The van der Waals surface area contributed by atoms with E-state index in [0.29, 0.717) is 6.42 Å².